The molecule has 80 valence electrons. The van der Waals surface area contributed by atoms with Gasteiger partial charge in [0, 0.05) is 6.04 Å². The van der Waals surface area contributed by atoms with Gasteiger partial charge in [0.2, 0.25) is 0 Å². The van der Waals surface area contributed by atoms with Gasteiger partial charge in [-0.05, 0) is 25.7 Å². The van der Waals surface area contributed by atoms with Crippen molar-refractivity contribution in [3.63, 3.8) is 0 Å². The molecule has 0 fully saturated rings. The molecule has 0 aromatic heterocycles. The van der Waals surface area contributed by atoms with E-state index in [4.69, 9.17) is 5.73 Å². The lowest BCUT2D eigenvalue weighted by Crippen LogP contribution is -2.18. The van der Waals surface area contributed by atoms with E-state index < -0.39 is 0 Å². The Bertz CT molecular complexity index is 104. The number of halogens is 1. The number of nitrogens with two attached hydrogens (primary N) is 1. The zero-order valence-electron chi connectivity index (χ0n) is 9.06. The van der Waals surface area contributed by atoms with Crippen LogP contribution in [0.15, 0.2) is 0 Å². The molecule has 0 amide bonds. The first-order valence-corrected chi connectivity index (χ1v) is 5.48. The molecule has 0 aliphatic rings. The molecule has 2 atom stereocenters. The van der Waals surface area contributed by atoms with Gasteiger partial charge in [-0.3, -0.25) is 4.39 Å². The zero-order valence-corrected chi connectivity index (χ0v) is 9.06. The predicted octanol–water partition coefficient (Wildman–Crippen LogP) is 3.28. The van der Waals surface area contributed by atoms with Crippen molar-refractivity contribution in [1.29, 1.82) is 0 Å². The highest BCUT2D eigenvalue weighted by Crippen LogP contribution is 2.14. The van der Waals surface area contributed by atoms with Crippen LogP contribution in [0.3, 0.4) is 0 Å². The Balaban J connectivity index is 3.12. The normalized spacial score (nSPS) is 15.7. The van der Waals surface area contributed by atoms with E-state index in [2.05, 4.69) is 13.8 Å². The number of rotatable bonds is 8. The van der Waals surface area contributed by atoms with E-state index in [9.17, 15) is 4.39 Å². The lowest BCUT2D eigenvalue weighted by molar-refractivity contribution is 0.414. The monoisotopic (exact) mass is 189 g/mol. The fourth-order valence-electron chi connectivity index (χ4n) is 1.69. The topological polar surface area (TPSA) is 26.0 Å². The summed E-state index contributed by atoms with van der Waals surface area (Å²) < 4.78 is 11.7. The van der Waals surface area contributed by atoms with E-state index in [1.165, 1.54) is 19.3 Å². The molecular weight excluding hydrogens is 165 g/mol. The summed E-state index contributed by atoms with van der Waals surface area (Å²) >= 11 is 0. The molecule has 0 spiro atoms. The molecule has 0 aliphatic carbocycles. The van der Waals surface area contributed by atoms with Crippen molar-refractivity contribution in [2.75, 3.05) is 6.67 Å². The molecule has 13 heavy (non-hydrogen) atoms. The fourth-order valence-corrected chi connectivity index (χ4v) is 1.69. The van der Waals surface area contributed by atoms with Crippen molar-refractivity contribution in [3.8, 4) is 0 Å². The third-order valence-corrected chi connectivity index (χ3v) is 2.35. The first-order chi connectivity index (χ1) is 6.16. The van der Waals surface area contributed by atoms with Gasteiger partial charge >= 0.3 is 0 Å². The van der Waals surface area contributed by atoms with Crippen molar-refractivity contribution in [3.05, 3.63) is 0 Å². The van der Waals surface area contributed by atoms with Gasteiger partial charge in [-0.15, -0.1) is 0 Å². The molecule has 0 aliphatic heterocycles. The Hall–Kier alpha value is -0.110. The molecule has 0 aromatic carbocycles. The van der Waals surface area contributed by atoms with Gasteiger partial charge in [0.25, 0.3) is 0 Å². The Morgan fingerprint density at radius 3 is 2.23 bits per heavy atom. The van der Waals surface area contributed by atoms with Crippen LogP contribution in [0.4, 0.5) is 4.39 Å². The molecule has 2 N–H and O–H groups in total. The van der Waals surface area contributed by atoms with Gasteiger partial charge in [-0.1, -0.05) is 32.6 Å². The second-order valence-corrected chi connectivity index (χ2v) is 4.21. The van der Waals surface area contributed by atoms with Crippen LogP contribution >= 0.6 is 0 Å². The minimum Gasteiger partial charge on any atom is -0.328 e. The summed E-state index contributed by atoms with van der Waals surface area (Å²) in [5.41, 5.74) is 5.70. The number of alkyl halides is 1. The van der Waals surface area contributed by atoms with Crippen LogP contribution in [0.2, 0.25) is 0 Å². The lowest BCUT2D eigenvalue weighted by Gasteiger charge is -2.13. The SMILES string of the molecule is C[C@@H](CCCCCCF)C[C@H](C)N. The smallest absolute Gasteiger partial charge is 0.0894 e. The van der Waals surface area contributed by atoms with Crippen molar-refractivity contribution in [2.24, 2.45) is 11.7 Å². The summed E-state index contributed by atoms with van der Waals surface area (Å²) in [5, 5.41) is 0. The Morgan fingerprint density at radius 1 is 1.08 bits per heavy atom. The molecule has 0 bridgehead atoms. The van der Waals surface area contributed by atoms with E-state index in [-0.39, 0.29) is 6.67 Å². The molecule has 0 unspecified atom stereocenters. The van der Waals surface area contributed by atoms with Gasteiger partial charge in [-0.25, -0.2) is 0 Å². The summed E-state index contributed by atoms with van der Waals surface area (Å²) in [6, 6.07) is 0.320. The molecular formula is C11H24FN. The van der Waals surface area contributed by atoms with E-state index in [0.717, 1.165) is 25.2 Å². The van der Waals surface area contributed by atoms with Gasteiger partial charge in [0.15, 0.2) is 0 Å². The highest BCUT2D eigenvalue weighted by Gasteiger charge is 2.04. The average molecular weight is 189 g/mol. The second kappa shape index (κ2) is 8.49. The largest absolute Gasteiger partial charge is 0.328 e. The van der Waals surface area contributed by atoms with Gasteiger partial charge in [0.1, 0.15) is 0 Å². The van der Waals surface area contributed by atoms with Gasteiger partial charge in [-0.2, -0.15) is 0 Å². The predicted molar refractivity (Wildman–Crippen MR) is 56.5 cm³/mol. The maximum Gasteiger partial charge on any atom is 0.0894 e. The molecule has 0 rings (SSSR count). The Kier molecular flexibility index (Phi) is 8.41. The summed E-state index contributed by atoms with van der Waals surface area (Å²) in [6.07, 6.45) is 6.54. The standard InChI is InChI=1S/C11H24FN/c1-10(9-11(2)13)7-5-3-4-6-8-12/h10-11H,3-9,13H2,1-2H3/t10-,11-/m0/s1. The maximum atomic E-state index is 11.7. The summed E-state index contributed by atoms with van der Waals surface area (Å²) in [5.74, 6) is 0.727. The minimum atomic E-state index is -0.157. The van der Waals surface area contributed by atoms with Crippen LogP contribution in [0.1, 0.15) is 52.4 Å². The minimum absolute atomic E-state index is 0.157. The van der Waals surface area contributed by atoms with Crippen LogP contribution in [-0.2, 0) is 0 Å². The van der Waals surface area contributed by atoms with E-state index in [1.807, 2.05) is 0 Å². The fraction of sp³-hybridized carbons (Fsp3) is 1.00. The molecule has 0 saturated heterocycles. The third-order valence-electron chi connectivity index (χ3n) is 2.35. The van der Waals surface area contributed by atoms with E-state index in [1.54, 1.807) is 0 Å². The van der Waals surface area contributed by atoms with Crippen molar-refractivity contribution in [2.45, 2.75) is 58.4 Å². The zero-order chi connectivity index (χ0) is 10.1. The quantitative estimate of drug-likeness (QED) is 0.583. The molecule has 0 radical (unpaired) electrons. The first kappa shape index (κ1) is 12.9. The van der Waals surface area contributed by atoms with Gasteiger partial charge in [0.05, 0.1) is 6.67 Å². The first-order valence-electron chi connectivity index (χ1n) is 5.48. The van der Waals surface area contributed by atoms with Crippen LogP contribution in [-0.4, -0.2) is 12.7 Å². The molecule has 0 saturated carbocycles. The van der Waals surface area contributed by atoms with Crippen molar-refractivity contribution >= 4 is 0 Å². The maximum absolute atomic E-state index is 11.7. The Labute approximate surface area is 81.9 Å². The van der Waals surface area contributed by atoms with E-state index >= 15 is 0 Å². The van der Waals surface area contributed by atoms with E-state index in [0.29, 0.717) is 6.04 Å². The van der Waals surface area contributed by atoms with Crippen LogP contribution in [0.5, 0.6) is 0 Å². The Morgan fingerprint density at radius 2 is 1.69 bits per heavy atom. The average Bonchev–Trinajstić information content (AvgIpc) is 2.02. The molecule has 2 heteroatoms. The number of unbranched alkanes of at least 4 members (excludes halogenated alkanes) is 3. The van der Waals surface area contributed by atoms with Crippen LogP contribution in [0, 0.1) is 5.92 Å². The highest BCUT2D eigenvalue weighted by molar-refractivity contribution is 4.60. The second-order valence-electron chi connectivity index (χ2n) is 4.21. The van der Waals surface area contributed by atoms with Crippen molar-refractivity contribution in [1.82, 2.24) is 0 Å². The summed E-state index contributed by atoms with van der Waals surface area (Å²) in [4.78, 5) is 0. The third kappa shape index (κ3) is 9.81. The molecule has 1 nitrogen and oxygen atoms in total. The molecule has 0 heterocycles. The highest BCUT2D eigenvalue weighted by atomic mass is 19.1. The lowest BCUT2D eigenvalue weighted by atomic mass is 9.96. The van der Waals surface area contributed by atoms with Crippen LogP contribution in [0.25, 0.3) is 0 Å². The summed E-state index contributed by atoms with van der Waals surface area (Å²) in [6.45, 7) is 4.15. The number of hydrogen-bond acceptors (Lipinski definition) is 1. The number of hydrogen-bond donors (Lipinski definition) is 1. The summed E-state index contributed by atoms with van der Waals surface area (Å²) in [7, 11) is 0. The molecule has 0 aromatic rings. The van der Waals surface area contributed by atoms with Crippen molar-refractivity contribution < 1.29 is 4.39 Å². The van der Waals surface area contributed by atoms with Crippen LogP contribution < -0.4 is 5.73 Å². The van der Waals surface area contributed by atoms with Gasteiger partial charge < -0.3 is 5.73 Å².